The van der Waals surface area contributed by atoms with E-state index in [1.165, 1.54) is 5.56 Å². The summed E-state index contributed by atoms with van der Waals surface area (Å²) in [5, 5.41) is 12.8. The first-order chi connectivity index (χ1) is 15.8. The number of halogens is 1. The van der Waals surface area contributed by atoms with Crippen molar-refractivity contribution in [2.45, 2.75) is 31.7 Å². The van der Waals surface area contributed by atoms with Crippen molar-refractivity contribution >= 4 is 33.5 Å². The van der Waals surface area contributed by atoms with Crippen LogP contribution in [0.2, 0.25) is 0 Å². The summed E-state index contributed by atoms with van der Waals surface area (Å²) >= 11 is 3.47. The number of rotatable bonds is 4. The van der Waals surface area contributed by atoms with Gasteiger partial charge in [0.1, 0.15) is 16.9 Å². The van der Waals surface area contributed by atoms with Crippen LogP contribution in [0.4, 0.5) is 0 Å². The molecule has 1 unspecified atom stereocenters. The molecule has 2 heterocycles. The summed E-state index contributed by atoms with van der Waals surface area (Å²) < 4.78 is 2.77. The van der Waals surface area contributed by atoms with Gasteiger partial charge in [-0.1, -0.05) is 63.5 Å². The zero-order chi connectivity index (χ0) is 23.2. The van der Waals surface area contributed by atoms with Gasteiger partial charge in [-0.3, -0.25) is 4.79 Å². The molecule has 0 bridgehead atoms. The maximum absolute atomic E-state index is 13.1. The highest BCUT2D eigenvalue weighted by Gasteiger charge is 2.46. The number of aromatic nitrogens is 2. The van der Waals surface area contributed by atoms with Crippen LogP contribution in [0.25, 0.3) is 16.8 Å². The molecule has 0 saturated carbocycles. The standard InChI is InChI=1S/C26H22BrN3O3/c1-16-2-4-17(5-3-16)20-8-11-23-28-22(15-30(23)14-20)24(31)29-26(25(32)33)12-18-6-9-21(27)10-7-19(18)13-26/h2-6,8-11,14-15H,7,12-13H2,1H3,(H,29,31)(H,32,33). The van der Waals surface area contributed by atoms with E-state index in [2.05, 4.69) is 50.5 Å². The molecule has 7 heteroatoms. The Morgan fingerprint density at radius 1 is 1.06 bits per heavy atom. The largest absolute Gasteiger partial charge is 0.479 e. The molecule has 0 saturated heterocycles. The number of pyridine rings is 1. The van der Waals surface area contributed by atoms with Gasteiger partial charge in [0, 0.05) is 29.7 Å². The lowest BCUT2D eigenvalue weighted by atomic mass is 9.93. The second kappa shape index (κ2) is 8.15. The molecule has 1 atom stereocenters. The van der Waals surface area contributed by atoms with Gasteiger partial charge in [0.15, 0.2) is 0 Å². The van der Waals surface area contributed by atoms with E-state index in [9.17, 15) is 14.7 Å². The molecule has 6 nitrogen and oxygen atoms in total. The Hall–Kier alpha value is -3.45. The van der Waals surface area contributed by atoms with Crippen LogP contribution >= 0.6 is 15.9 Å². The Labute approximate surface area is 199 Å². The summed E-state index contributed by atoms with van der Waals surface area (Å²) in [5.41, 5.74) is 4.69. The normalized spacial score (nSPS) is 19.9. The van der Waals surface area contributed by atoms with E-state index >= 15 is 0 Å². The first-order valence-electron chi connectivity index (χ1n) is 10.7. The van der Waals surface area contributed by atoms with Crippen LogP contribution in [-0.2, 0) is 4.79 Å². The molecule has 33 heavy (non-hydrogen) atoms. The summed E-state index contributed by atoms with van der Waals surface area (Å²) in [6.07, 6.45) is 10.6. The molecule has 0 spiro atoms. The van der Waals surface area contributed by atoms with E-state index < -0.39 is 17.4 Å². The van der Waals surface area contributed by atoms with Crippen LogP contribution in [0, 0.1) is 6.92 Å². The SMILES string of the molecule is Cc1ccc(-c2ccc3nc(C(=O)NC4(C(=O)O)CC5=C(CC=C(Br)C=C5)C4)cn3c2)cc1. The minimum Gasteiger partial charge on any atom is -0.479 e. The fraction of sp³-hybridized carbons (Fsp3) is 0.192. The van der Waals surface area contributed by atoms with Crippen molar-refractivity contribution in [2.24, 2.45) is 0 Å². The van der Waals surface area contributed by atoms with Crippen LogP contribution in [-0.4, -0.2) is 31.9 Å². The van der Waals surface area contributed by atoms with Crippen molar-refractivity contribution in [3.05, 3.63) is 93.9 Å². The van der Waals surface area contributed by atoms with Gasteiger partial charge >= 0.3 is 5.97 Å². The lowest BCUT2D eigenvalue weighted by Crippen LogP contribution is -2.53. The van der Waals surface area contributed by atoms with Crippen molar-refractivity contribution < 1.29 is 14.7 Å². The fourth-order valence-corrected chi connectivity index (χ4v) is 4.73. The number of fused-ring (bicyclic) bond motifs is 1. The number of amides is 1. The highest BCUT2D eigenvalue weighted by molar-refractivity contribution is 9.11. The third-order valence-corrected chi connectivity index (χ3v) is 6.87. The fourth-order valence-electron chi connectivity index (χ4n) is 4.43. The maximum atomic E-state index is 13.1. The van der Waals surface area contributed by atoms with E-state index in [1.807, 2.05) is 43.5 Å². The van der Waals surface area contributed by atoms with Gasteiger partial charge in [-0.25, -0.2) is 9.78 Å². The minimum atomic E-state index is -1.37. The Kier molecular flexibility index (Phi) is 5.29. The average molecular weight is 504 g/mol. The number of allylic oxidation sites excluding steroid dienone is 4. The van der Waals surface area contributed by atoms with Crippen molar-refractivity contribution in [2.75, 3.05) is 0 Å². The predicted octanol–water partition coefficient (Wildman–Crippen LogP) is 5.19. The molecule has 1 aromatic carbocycles. The van der Waals surface area contributed by atoms with E-state index in [1.54, 1.807) is 10.6 Å². The summed E-state index contributed by atoms with van der Waals surface area (Å²) in [6, 6.07) is 12.0. The summed E-state index contributed by atoms with van der Waals surface area (Å²) in [4.78, 5) is 29.8. The predicted molar refractivity (Wildman–Crippen MR) is 130 cm³/mol. The second-order valence-corrected chi connectivity index (χ2v) is 9.54. The molecule has 2 aliphatic carbocycles. The first-order valence-corrected chi connectivity index (χ1v) is 11.5. The first kappa shape index (κ1) is 21.4. The number of hydrogen-bond acceptors (Lipinski definition) is 3. The van der Waals surface area contributed by atoms with E-state index in [0.717, 1.165) is 26.8 Å². The molecule has 5 rings (SSSR count). The van der Waals surface area contributed by atoms with E-state index in [-0.39, 0.29) is 18.5 Å². The zero-order valence-electron chi connectivity index (χ0n) is 18.0. The molecule has 166 valence electrons. The Morgan fingerprint density at radius 2 is 1.82 bits per heavy atom. The van der Waals surface area contributed by atoms with E-state index in [4.69, 9.17) is 0 Å². The molecular weight excluding hydrogens is 482 g/mol. The van der Waals surface area contributed by atoms with Crippen LogP contribution in [0.15, 0.2) is 82.6 Å². The molecule has 0 aliphatic heterocycles. The van der Waals surface area contributed by atoms with Crippen molar-refractivity contribution in [3.8, 4) is 11.1 Å². The Balaban J connectivity index is 1.40. The number of carbonyl (C=O) groups excluding carboxylic acids is 1. The van der Waals surface area contributed by atoms with E-state index in [0.29, 0.717) is 12.1 Å². The Morgan fingerprint density at radius 3 is 2.58 bits per heavy atom. The molecule has 2 aromatic heterocycles. The zero-order valence-corrected chi connectivity index (χ0v) is 19.6. The lowest BCUT2D eigenvalue weighted by Gasteiger charge is -2.26. The van der Waals surface area contributed by atoms with Crippen LogP contribution in [0.3, 0.4) is 0 Å². The highest BCUT2D eigenvalue weighted by atomic mass is 79.9. The molecule has 2 aliphatic rings. The number of benzene rings is 1. The van der Waals surface area contributed by atoms with Gasteiger partial charge in [-0.05, 0) is 48.3 Å². The highest BCUT2D eigenvalue weighted by Crippen LogP contribution is 2.40. The number of aliphatic carboxylic acids is 1. The molecule has 0 radical (unpaired) electrons. The van der Waals surface area contributed by atoms with Gasteiger partial charge in [0.2, 0.25) is 0 Å². The van der Waals surface area contributed by atoms with Gasteiger partial charge in [-0.15, -0.1) is 0 Å². The number of nitrogens with zero attached hydrogens (tertiary/aromatic N) is 2. The number of carboxylic acids is 1. The smallest absolute Gasteiger partial charge is 0.330 e. The maximum Gasteiger partial charge on any atom is 0.330 e. The summed E-state index contributed by atoms with van der Waals surface area (Å²) in [5.74, 6) is -1.53. The lowest BCUT2D eigenvalue weighted by molar-refractivity contribution is -0.144. The van der Waals surface area contributed by atoms with Gasteiger partial charge in [-0.2, -0.15) is 0 Å². The number of imidazole rings is 1. The van der Waals surface area contributed by atoms with Crippen LogP contribution in [0.1, 0.15) is 35.3 Å². The summed E-state index contributed by atoms with van der Waals surface area (Å²) in [7, 11) is 0. The summed E-state index contributed by atoms with van der Waals surface area (Å²) in [6.45, 7) is 2.04. The molecule has 2 N–H and O–H groups in total. The van der Waals surface area contributed by atoms with Crippen molar-refractivity contribution in [1.29, 1.82) is 0 Å². The minimum absolute atomic E-state index is 0.192. The van der Waals surface area contributed by atoms with Gasteiger partial charge < -0.3 is 14.8 Å². The van der Waals surface area contributed by atoms with Crippen LogP contribution < -0.4 is 5.32 Å². The topological polar surface area (TPSA) is 83.7 Å². The van der Waals surface area contributed by atoms with Gasteiger partial charge in [0.25, 0.3) is 5.91 Å². The van der Waals surface area contributed by atoms with Crippen LogP contribution in [0.5, 0.6) is 0 Å². The van der Waals surface area contributed by atoms with Crippen molar-refractivity contribution in [1.82, 2.24) is 14.7 Å². The molecule has 3 aromatic rings. The molecule has 1 amide bonds. The number of carbonyl (C=O) groups is 2. The quantitative estimate of drug-likeness (QED) is 0.512. The molecule has 0 fully saturated rings. The Bertz CT molecular complexity index is 1380. The second-order valence-electron chi connectivity index (χ2n) is 8.63. The number of nitrogens with one attached hydrogen (secondary N) is 1. The molecular formula is C26H22BrN3O3. The van der Waals surface area contributed by atoms with Gasteiger partial charge in [0.05, 0.1) is 0 Å². The average Bonchev–Trinajstić information content (AvgIpc) is 3.34. The number of carboxylic acid groups (broad SMARTS) is 1. The monoisotopic (exact) mass is 503 g/mol. The third-order valence-electron chi connectivity index (χ3n) is 6.28. The third kappa shape index (κ3) is 4.04. The number of hydrogen-bond donors (Lipinski definition) is 2. The van der Waals surface area contributed by atoms with Crippen molar-refractivity contribution in [3.63, 3.8) is 0 Å². The number of aryl methyl sites for hydroxylation is 1.